The number of likely N-dealkylation sites (N-methyl/N-ethyl adjacent to an activating group) is 1. The fraction of sp³-hybridized carbons (Fsp3) is 0.269. The minimum absolute atomic E-state index is 0.0228. The average Bonchev–Trinajstić information content (AvgIpc) is 3.48. The summed E-state index contributed by atoms with van der Waals surface area (Å²) < 4.78 is 33.5. The summed E-state index contributed by atoms with van der Waals surface area (Å²) in [5.74, 6) is 0.0544. The SMILES string of the molecule is CN1CCN(C(=O)c2ccc3c(c2)-c2sc(-c4nc(-c5ccc(F)cc5F)n[nH]4)cc2CCO3)CC1. The minimum Gasteiger partial charge on any atom is -0.493 e. The van der Waals surface area contributed by atoms with Crippen molar-refractivity contribution in [2.75, 3.05) is 39.8 Å². The highest BCUT2D eigenvalue weighted by atomic mass is 32.1. The van der Waals surface area contributed by atoms with Gasteiger partial charge < -0.3 is 14.5 Å². The highest BCUT2D eigenvalue weighted by Gasteiger charge is 2.25. The molecule has 1 saturated heterocycles. The van der Waals surface area contributed by atoms with Gasteiger partial charge >= 0.3 is 0 Å². The highest BCUT2D eigenvalue weighted by Crippen LogP contribution is 2.43. The minimum atomic E-state index is -0.717. The Morgan fingerprint density at radius 1 is 1.06 bits per heavy atom. The molecule has 2 aliphatic rings. The van der Waals surface area contributed by atoms with Gasteiger partial charge in [-0.05, 0) is 49.0 Å². The molecule has 0 unspecified atom stereocenters. The number of nitrogens with zero attached hydrogens (tertiary/aromatic N) is 4. The van der Waals surface area contributed by atoms with Crippen LogP contribution in [0.25, 0.3) is 32.5 Å². The van der Waals surface area contributed by atoms with Crippen LogP contribution >= 0.6 is 11.3 Å². The predicted molar refractivity (Wildman–Crippen MR) is 133 cm³/mol. The number of ether oxygens (including phenoxy) is 1. The summed E-state index contributed by atoms with van der Waals surface area (Å²) >= 11 is 1.52. The zero-order chi connectivity index (χ0) is 24.8. The van der Waals surface area contributed by atoms with E-state index >= 15 is 0 Å². The molecular formula is C26H23F2N5O2S. The molecule has 2 aromatic heterocycles. The Morgan fingerprint density at radius 2 is 1.89 bits per heavy atom. The fourth-order valence-electron chi connectivity index (χ4n) is 4.55. The first-order chi connectivity index (χ1) is 17.5. The Balaban J connectivity index is 1.33. The van der Waals surface area contributed by atoms with E-state index in [1.165, 1.54) is 23.5 Å². The molecule has 0 bridgehead atoms. The Labute approximate surface area is 210 Å². The number of carbonyl (C=O) groups excluding carboxylic acids is 1. The van der Waals surface area contributed by atoms with Crippen molar-refractivity contribution >= 4 is 17.2 Å². The third-order valence-corrected chi connectivity index (χ3v) is 7.81. The Hall–Kier alpha value is -3.63. The van der Waals surface area contributed by atoms with E-state index in [9.17, 15) is 13.6 Å². The number of halogens is 2. The number of nitrogens with one attached hydrogen (secondary N) is 1. The van der Waals surface area contributed by atoms with E-state index in [0.717, 1.165) is 45.8 Å². The van der Waals surface area contributed by atoms with Crippen LogP contribution in [0.4, 0.5) is 8.78 Å². The molecule has 4 heterocycles. The fourth-order valence-corrected chi connectivity index (χ4v) is 5.72. The quantitative estimate of drug-likeness (QED) is 0.443. The third kappa shape index (κ3) is 4.16. The number of aromatic amines is 1. The molecule has 1 amide bonds. The van der Waals surface area contributed by atoms with Crippen LogP contribution in [-0.4, -0.2) is 70.7 Å². The molecule has 184 valence electrons. The number of H-pyrrole nitrogens is 1. The number of hydrogen-bond acceptors (Lipinski definition) is 6. The summed E-state index contributed by atoms with van der Waals surface area (Å²) in [4.78, 5) is 23.6. The van der Waals surface area contributed by atoms with Gasteiger partial charge in [0.25, 0.3) is 5.91 Å². The van der Waals surface area contributed by atoms with Crippen molar-refractivity contribution in [1.29, 1.82) is 0 Å². The Bertz CT molecular complexity index is 1460. The number of amides is 1. The van der Waals surface area contributed by atoms with Crippen molar-refractivity contribution in [2.24, 2.45) is 0 Å². The first-order valence-electron chi connectivity index (χ1n) is 11.7. The first-order valence-corrected chi connectivity index (χ1v) is 12.5. The molecule has 0 saturated carbocycles. The molecule has 2 aliphatic heterocycles. The lowest BCUT2D eigenvalue weighted by atomic mass is 10.0. The van der Waals surface area contributed by atoms with Crippen molar-refractivity contribution in [3.05, 3.63) is 65.2 Å². The van der Waals surface area contributed by atoms with Gasteiger partial charge in [-0.3, -0.25) is 9.89 Å². The molecule has 10 heteroatoms. The van der Waals surface area contributed by atoms with Crippen molar-refractivity contribution in [3.8, 4) is 38.3 Å². The first kappa shape index (κ1) is 22.8. The lowest BCUT2D eigenvalue weighted by Crippen LogP contribution is -2.47. The lowest BCUT2D eigenvalue weighted by Gasteiger charge is -2.32. The van der Waals surface area contributed by atoms with E-state index in [2.05, 4.69) is 27.1 Å². The standard InChI is InChI=1S/C26H23F2N5O2S/c1-32-7-9-33(10-8-32)26(34)16-2-5-21-19(12-16)23-15(6-11-35-21)13-22(36-23)25-29-24(30-31-25)18-4-3-17(27)14-20(18)28/h2-5,12-14H,6-11H2,1H3,(H,29,30,31). The number of hydrogen-bond donors (Lipinski definition) is 1. The molecule has 7 nitrogen and oxygen atoms in total. The molecule has 4 aromatic rings. The van der Waals surface area contributed by atoms with Crippen LogP contribution in [0.2, 0.25) is 0 Å². The molecule has 36 heavy (non-hydrogen) atoms. The maximum absolute atomic E-state index is 14.2. The number of fused-ring (bicyclic) bond motifs is 3. The van der Waals surface area contributed by atoms with Crippen LogP contribution in [0.15, 0.2) is 42.5 Å². The smallest absolute Gasteiger partial charge is 0.253 e. The summed E-state index contributed by atoms with van der Waals surface area (Å²) in [7, 11) is 2.06. The molecule has 0 aliphatic carbocycles. The molecule has 1 N–H and O–H groups in total. The van der Waals surface area contributed by atoms with Crippen LogP contribution in [0.1, 0.15) is 15.9 Å². The highest BCUT2D eigenvalue weighted by molar-refractivity contribution is 7.19. The van der Waals surface area contributed by atoms with Crippen molar-refractivity contribution in [1.82, 2.24) is 25.0 Å². The van der Waals surface area contributed by atoms with E-state index in [0.29, 0.717) is 37.5 Å². The van der Waals surface area contributed by atoms with E-state index in [1.807, 2.05) is 29.2 Å². The summed E-state index contributed by atoms with van der Waals surface area (Å²) in [6.45, 7) is 3.66. The Kier molecular flexibility index (Phi) is 5.77. The van der Waals surface area contributed by atoms with E-state index in [4.69, 9.17) is 4.74 Å². The van der Waals surface area contributed by atoms with Crippen molar-refractivity contribution in [2.45, 2.75) is 6.42 Å². The molecule has 0 spiro atoms. The molecule has 6 rings (SSSR count). The van der Waals surface area contributed by atoms with Crippen molar-refractivity contribution in [3.63, 3.8) is 0 Å². The lowest BCUT2D eigenvalue weighted by molar-refractivity contribution is 0.0664. The van der Waals surface area contributed by atoms with E-state index in [-0.39, 0.29) is 17.3 Å². The number of rotatable bonds is 3. The van der Waals surface area contributed by atoms with E-state index in [1.54, 1.807) is 0 Å². The second-order valence-corrected chi connectivity index (χ2v) is 10.1. The molecule has 2 aromatic carbocycles. The maximum atomic E-state index is 14.2. The molecule has 0 radical (unpaired) electrons. The number of aromatic nitrogens is 3. The summed E-state index contributed by atoms with van der Waals surface area (Å²) in [5.41, 5.74) is 2.73. The van der Waals surface area contributed by atoms with E-state index < -0.39 is 11.6 Å². The van der Waals surface area contributed by atoms with Crippen LogP contribution in [0.3, 0.4) is 0 Å². The second-order valence-electron chi connectivity index (χ2n) is 9.00. The molecule has 0 atom stereocenters. The molecule has 1 fully saturated rings. The largest absolute Gasteiger partial charge is 0.493 e. The van der Waals surface area contributed by atoms with Gasteiger partial charge in [0.05, 0.1) is 17.0 Å². The number of piperazine rings is 1. The Morgan fingerprint density at radius 3 is 2.69 bits per heavy atom. The van der Waals surface area contributed by atoms with Gasteiger partial charge in [-0.25, -0.2) is 13.8 Å². The monoisotopic (exact) mass is 507 g/mol. The topological polar surface area (TPSA) is 74.4 Å². The van der Waals surface area contributed by atoms with Crippen LogP contribution in [0, 0.1) is 11.6 Å². The number of carbonyl (C=O) groups is 1. The predicted octanol–water partition coefficient (Wildman–Crippen LogP) is 4.47. The van der Waals surface area contributed by atoms with Gasteiger partial charge in [-0.15, -0.1) is 11.3 Å². The van der Waals surface area contributed by atoms with Gasteiger partial charge in [0.15, 0.2) is 11.6 Å². The number of benzene rings is 2. The normalized spacial score (nSPS) is 15.7. The van der Waals surface area contributed by atoms with Gasteiger partial charge in [-0.2, -0.15) is 5.10 Å². The van der Waals surface area contributed by atoms with Crippen molar-refractivity contribution < 1.29 is 18.3 Å². The summed E-state index contributed by atoms with van der Waals surface area (Å²) in [5, 5.41) is 7.03. The zero-order valence-electron chi connectivity index (χ0n) is 19.6. The second kappa shape index (κ2) is 9.11. The summed E-state index contributed by atoms with van der Waals surface area (Å²) in [6, 6.07) is 11.0. The van der Waals surface area contributed by atoms with Gasteiger partial charge in [-0.1, -0.05) is 0 Å². The third-order valence-electron chi connectivity index (χ3n) is 6.59. The van der Waals surface area contributed by atoms with Crippen LogP contribution in [0.5, 0.6) is 5.75 Å². The molecular weight excluding hydrogens is 484 g/mol. The number of thiophene rings is 1. The summed E-state index contributed by atoms with van der Waals surface area (Å²) in [6.07, 6.45) is 0.704. The maximum Gasteiger partial charge on any atom is 0.253 e. The van der Waals surface area contributed by atoms with Crippen LogP contribution in [-0.2, 0) is 6.42 Å². The van der Waals surface area contributed by atoms with Crippen LogP contribution < -0.4 is 4.74 Å². The van der Waals surface area contributed by atoms with Gasteiger partial charge in [0, 0.05) is 54.7 Å². The zero-order valence-corrected chi connectivity index (χ0v) is 20.4. The average molecular weight is 508 g/mol. The van der Waals surface area contributed by atoms with Gasteiger partial charge in [0.1, 0.15) is 17.4 Å². The van der Waals surface area contributed by atoms with Gasteiger partial charge in [0.2, 0.25) is 0 Å².